The van der Waals surface area contributed by atoms with Crippen molar-refractivity contribution in [2.75, 3.05) is 12.4 Å². The second-order valence-electron chi connectivity index (χ2n) is 5.42. The van der Waals surface area contributed by atoms with Crippen LogP contribution in [0, 0.1) is 0 Å². The fraction of sp³-hybridized carbons (Fsp3) is 0.111. The van der Waals surface area contributed by atoms with E-state index >= 15 is 0 Å². The number of methoxy groups -OCH3 is 1. The van der Waals surface area contributed by atoms with Gasteiger partial charge in [0, 0.05) is 24.3 Å². The number of pyridine rings is 1. The Balaban J connectivity index is 1.62. The smallest absolute Gasteiger partial charge is 0.293 e. The van der Waals surface area contributed by atoms with Gasteiger partial charge in [0.25, 0.3) is 5.91 Å². The van der Waals surface area contributed by atoms with Crippen molar-refractivity contribution in [1.82, 2.24) is 15.2 Å². The van der Waals surface area contributed by atoms with E-state index in [2.05, 4.69) is 20.5 Å². The molecule has 26 heavy (non-hydrogen) atoms. The molecule has 1 amide bonds. The minimum absolute atomic E-state index is 0.211. The first-order chi connectivity index (χ1) is 12.8. The molecule has 7 nitrogen and oxygen atoms in total. The molecule has 0 unspecified atom stereocenters. The van der Waals surface area contributed by atoms with E-state index in [1.807, 2.05) is 42.5 Å². The van der Waals surface area contributed by atoms with E-state index in [1.54, 1.807) is 13.3 Å². The van der Waals surface area contributed by atoms with Gasteiger partial charge in [0.15, 0.2) is 10.8 Å². The van der Waals surface area contributed by atoms with Crippen LogP contribution in [-0.4, -0.2) is 28.2 Å². The average molecular weight is 366 g/mol. The van der Waals surface area contributed by atoms with Gasteiger partial charge in [0.05, 0.1) is 6.61 Å². The lowest BCUT2D eigenvalue weighted by molar-refractivity contribution is 0.0992. The van der Waals surface area contributed by atoms with Gasteiger partial charge in [-0.25, -0.2) is 0 Å². The van der Waals surface area contributed by atoms with Crippen LogP contribution in [0.2, 0.25) is 0 Å². The lowest BCUT2D eigenvalue weighted by atomic mass is 10.1. The minimum atomic E-state index is -0.392. The highest BCUT2D eigenvalue weighted by Crippen LogP contribution is 2.29. The van der Waals surface area contributed by atoms with Crippen molar-refractivity contribution in [3.05, 3.63) is 60.0 Å². The molecule has 0 fully saturated rings. The monoisotopic (exact) mass is 366 g/mol. The molecule has 0 atom stereocenters. The summed E-state index contributed by atoms with van der Waals surface area (Å²) in [6.45, 7) is 0.273. The summed E-state index contributed by atoms with van der Waals surface area (Å²) >= 11 is 1.25. The summed E-state index contributed by atoms with van der Waals surface area (Å²) in [6.07, 6.45) is 1.68. The van der Waals surface area contributed by atoms with Crippen molar-refractivity contribution in [2.45, 2.75) is 6.61 Å². The summed E-state index contributed by atoms with van der Waals surface area (Å²) in [5.74, 6) is -0.181. The highest BCUT2D eigenvalue weighted by atomic mass is 32.1. The van der Waals surface area contributed by atoms with Crippen LogP contribution < -0.4 is 5.32 Å². The second kappa shape index (κ2) is 7.03. The zero-order valence-electron chi connectivity index (χ0n) is 13.8. The number of carbonyl (C=O) groups is 1. The van der Waals surface area contributed by atoms with Crippen LogP contribution in [0.1, 0.15) is 16.1 Å². The van der Waals surface area contributed by atoms with Crippen LogP contribution in [0.25, 0.3) is 21.7 Å². The highest BCUT2D eigenvalue weighted by molar-refractivity contribution is 7.18. The third-order valence-corrected chi connectivity index (χ3v) is 4.58. The molecule has 0 saturated carbocycles. The van der Waals surface area contributed by atoms with E-state index in [-0.39, 0.29) is 12.4 Å². The molecule has 8 heteroatoms. The van der Waals surface area contributed by atoms with Crippen molar-refractivity contribution in [1.29, 1.82) is 0 Å². The predicted molar refractivity (Wildman–Crippen MR) is 98.0 cm³/mol. The molecule has 0 radical (unpaired) electrons. The first kappa shape index (κ1) is 16.4. The Kier molecular flexibility index (Phi) is 4.42. The number of aromatic nitrogens is 3. The quantitative estimate of drug-likeness (QED) is 0.579. The lowest BCUT2D eigenvalue weighted by Gasteiger charge is -2.01. The Morgan fingerprint density at radius 2 is 2.04 bits per heavy atom. The second-order valence-corrected chi connectivity index (χ2v) is 6.40. The molecule has 4 rings (SSSR count). The predicted octanol–water partition coefficient (Wildman–Crippen LogP) is 3.75. The molecule has 3 heterocycles. The molecule has 0 aliphatic rings. The summed E-state index contributed by atoms with van der Waals surface area (Å²) in [7, 11) is 1.58. The number of furan rings is 1. The molecule has 0 aliphatic carbocycles. The molecule has 3 aromatic heterocycles. The number of carbonyl (C=O) groups excluding carboxylic acids is 1. The Labute approximate surface area is 152 Å². The van der Waals surface area contributed by atoms with Crippen LogP contribution >= 0.6 is 11.3 Å². The molecular weight excluding hydrogens is 352 g/mol. The number of nitrogens with one attached hydrogen (secondary N) is 1. The van der Waals surface area contributed by atoms with Gasteiger partial charge >= 0.3 is 0 Å². The van der Waals surface area contributed by atoms with E-state index < -0.39 is 5.91 Å². The number of fused-ring (bicyclic) bond motifs is 1. The zero-order chi connectivity index (χ0) is 17.9. The van der Waals surface area contributed by atoms with Crippen molar-refractivity contribution in [2.24, 2.45) is 0 Å². The summed E-state index contributed by atoms with van der Waals surface area (Å²) in [6, 6.07) is 13.0. The zero-order valence-corrected chi connectivity index (χ0v) is 14.6. The SMILES string of the molecule is COCc1c(C(=O)Nc2nnc(-c3ccccn3)s2)oc2ccccc12. The van der Waals surface area contributed by atoms with Crippen molar-refractivity contribution >= 4 is 33.3 Å². The van der Waals surface area contributed by atoms with E-state index in [4.69, 9.17) is 9.15 Å². The third-order valence-electron chi connectivity index (χ3n) is 3.72. The Morgan fingerprint density at radius 3 is 2.85 bits per heavy atom. The van der Waals surface area contributed by atoms with Gasteiger partial charge in [-0.3, -0.25) is 15.1 Å². The molecular formula is C18H14N4O3S. The molecule has 4 aromatic rings. The number of nitrogens with zero attached hydrogens (tertiary/aromatic N) is 3. The summed E-state index contributed by atoms with van der Waals surface area (Å²) in [4.78, 5) is 16.9. The average Bonchev–Trinajstić information content (AvgIpc) is 3.28. The summed E-state index contributed by atoms with van der Waals surface area (Å²) in [5.41, 5.74) is 2.04. The van der Waals surface area contributed by atoms with E-state index in [0.717, 1.165) is 5.39 Å². The Bertz CT molecular complexity index is 1060. The fourth-order valence-electron chi connectivity index (χ4n) is 2.59. The van der Waals surface area contributed by atoms with Gasteiger partial charge in [0.1, 0.15) is 11.3 Å². The normalized spacial score (nSPS) is 11.0. The van der Waals surface area contributed by atoms with Gasteiger partial charge in [-0.15, -0.1) is 10.2 Å². The first-order valence-electron chi connectivity index (χ1n) is 7.82. The van der Waals surface area contributed by atoms with Gasteiger partial charge in [-0.1, -0.05) is 35.6 Å². The molecule has 0 aliphatic heterocycles. The van der Waals surface area contributed by atoms with Crippen molar-refractivity contribution < 1.29 is 13.9 Å². The van der Waals surface area contributed by atoms with Gasteiger partial charge in [0.2, 0.25) is 5.13 Å². The molecule has 0 saturated heterocycles. The van der Waals surface area contributed by atoms with Crippen LogP contribution in [0.15, 0.2) is 53.1 Å². The molecule has 0 bridgehead atoms. The van der Waals surface area contributed by atoms with Crippen LogP contribution in [0.5, 0.6) is 0 Å². The number of ether oxygens (including phenoxy) is 1. The number of rotatable bonds is 5. The van der Waals surface area contributed by atoms with Gasteiger partial charge in [-0.05, 0) is 18.2 Å². The third kappa shape index (κ3) is 3.07. The number of hydrogen-bond acceptors (Lipinski definition) is 7. The number of hydrogen-bond donors (Lipinski definition) is 1. The molecule has 1 N–H and O–H groups in total. The maximum Gasteiger partial charge on any atom is 0.293 e. The van der Waals surface area contributed by atoms with Gasteiger partial charge < -0.3 is 9.15 Å². The standard InChI is InChI=1S/C18H14N4O3S/c1-24-10-12-11-6-2-3-8-14(11)25-15(12)16(23)20-18-22-21-17(26-18)13-7-4-5-9-19-13/h2-9H,10H2,1H3,(H,20,22,23). The molecule has 0 spiro atoms. The summed E-state index contributed by atoms with van der Waals surface area (Å²) < 4.78 is 11.0. The van der Waals surface area contributed by atoms with E-state index in [0.29, 0.717) is 27.0 Å². The fourth-order valence-corrected chi connectivity index (χ4v) is 3.31. The Hall–Kier alpha value is -3.10. The largest absolute Gasteiger partial charge is 0.451 e. The first-order valence-corrected chi connectivity index (χ1v) is 8.63. The van der Waals surface area contributed by atoms with Crippen molar-refractivity contribution in [3.8, 4) is 10.7 Å². The number of anilines is 1. The molecule has 1 aromatic carbocycles. The van der Waals surface area contributed by atoms with E-state index in [9.17, 15) is 4.79 Å². The van der Waals surface area contributed by atoms with Crippen LogP contribution in [-0.2, 0) is 11.3 Å². The highest BCUT2D eigenvalue weighted by Gasteiger charge is 2.21. The maximum atomic E-state index is 12.7. The van der Waals surface area contributed by atoms with E-state index in [1.165, 1.54) is 11.3 Å². The van der Waals surface area contributed by atoms with Crippen LogP contribution in [0.3, 0.4) is 0 Å². The number of para-hydroxylation sites is 1. The topological polar surface area (TPSA) is 90.1 Å². The van der Waals surface area contributed by atoms with Crippen molar-refractivity contribution in [3.63, 3.8) is 0 Å². The Morgan fingerprint density at radius 1 is 1.19 bits per heavy atom. The lowest BCUT2D eigenvalue weighted by Crippen LogP contribution is -2.13. The number of benzene rings is 1. The summed E-state index contributed by atoms with van der Waals surface area (Å²) in [5, 5.41) is 12.7. The van der Waals surface area contributed by atoms with Crippen LogP contribution in [0.4, 0.5) is 5.13 Å². The van der Waals surface area contributed by atoms with Gasteiger partial charge in [-0.2, -0.15) is 0 Å². The number of amides is 1. The molecule has 130 valence electrons. The maximum absolute atomic E-state index is 12.7. The minimum Gasteiger partial charge on any atom is -0.451 e.